The number of esters is 1. The normalized spacial score (nSPS) is 17.0. The summed E-state index contributed by atoms with van der Waals surface area (Å²) in [6.45, 7) is 5.68. The van der Waals surface area contributed by atoms with Crippen LogP contribution in [0.25, 0.3) is 0 Å². The molecule has 0 amide bonds. The molecular weight excluding hydrogens is 300 g/mol. The predicted octanol–water partition coefficient (Wildman–Crippen LogP) is 4.30. The Hall–Kier alpha value is -2.58. The molecule has 24 heavy (non-hydrogen) atoms. The highest BCUT2D eigenvalue weighted by atomic mass is 16.6. The smallest absolute Gasteiger partial charge is 0.357 e. The lowest BCUT2D eigenvalue weighted by Gasteiger charge is -2.25. The van der Waals surface area contributed by atoms with E-state index in [2.05, 4.69) is 17.3 Å². The highest BCUT2D eigenvalue weighted by molar-refractivity contribution is 5.88. The number of ether oxygens (including phenoxy) is 1. The molecule has 0 aliphatic heterocycles. The van der Waals surface area contributed by atoms with Crippen molar-refractivity contribution in [3.63, 3.8) is 0 Å². The third-order valence-electron chi connectivity index (χ3n) is 4.69. The van der Waals surface area contributed by atoms with Crippen LogP contribution in [0.15, 0.2) is 61.2 Å². The Labute approximate surface area is 142 Å². The van der Waals surface area contributed by atoms with Crippen LogP contribution >= 0.6 is 0 Å². The summed E-state index contributed by atoms with van der Waals surface area (Å²) in [5.74, 6) is -0.344. The van der Waals surface area contributed by atoms with Crippen molar-refractivity contribution in [3.8, 4) is 0 Å². The van der Waals surface area contributed by atoms with Gasteiger partial charge in [-0.05, 0) is 38.2 Å². The van der Waals surface area contributed by atoms with Crippen LogP contribution in [0.1, 0.15) is 54.7 Å². The van der Waals surface area contributed by atoms with Crippen LogP contribution < -0.4 is 0 Å². The van der Waals surface area contributed by atoms with Gasteiger partial charge in [0.25, 0.3) is 0 Å². The Morgan fingerprint density at radius 1 is 1.38 bits per heavy atom. The number of rotatable bonds is 5. The molecule has 0 radical (unpaired) electrons. The maximum atomic E-state index is 12.7. The average Bonchev–Trinajstić information content (AvgIpc) is 3.25. The van der Waals surface area contributed by atoms with Crippen molar-refractivity contribution in [2.24, 2.45) is 0 Å². The molecule has 3 rings (SSSR count). The monoisotopic (exact) mass is 322 g/mol. The van der Waals surface area contributed by atoms with Crippen molar-refractivity contribution < 1.29 is 9.53 Å². The van der Waals surface area contributed by atoms with Gasteiger partial charge in [0.1, 0.15) is 11.3 Å². The molecule has 0 unspecified atom stereocenters. The first-order valence-electron chi connectivity index (χ1n) is 8.32. The van der Waals surface area contributed by atoms with Gasteiger partial charge in [0, 0.05) is 6.08 Å². The summed E-state index contributed by atoms with van der Waals surface area (Å²) in [5.41, 5.74) is 3.81. The van der Waals surface area contributed by atoms with Crippen molar-refractivity contribution in [3.05, 3.63) is 72.5 Å². The van der Waals surface area contributed by atoms with E-state index in [1.165, 1.54) is 0 Å². The highest BCUT2D eigenvalue weighted by Gasteiger charge is 2.36. The van der Waals surface area contributed by atoms with E-state index in [1.54, 1.807) is 18.6 Å². The topological polar surface area (TPSA) is 44.1 Å². The quantitative estimate of drug-likeness (QED) is 0.609. The van der Waals surface area contributed by atoms with E-state index in [9.17, 15) is 4.79 Å². The zero-order valence-electron chi connectivity index (χ0n) is 13.9. The first kappa shape index (κ1) is 16.3. The van der Waals surface area contributed by atoms with Crippen molar-refractivity contribution >= 4 is 5.97 Å². The van der Waals surface area contributed by atoms with Crippen molar-refractivity contribution in [1.29, 1.82) is 0 Å². The fraction of sp³-hybridized carbons (Fsp3) is 0.350. The largest absolute Gasteiger partial charge is 0.449 e. The number of carbonyl (C=O) groups excluding carboxylic acids is 1. The third-order valence-corrected chi connectivity index (χ3v) is 4.69. The van der Waals surface area contributed by atoms with Crippen LogP contribution in [-0.2, 0) is 4.74 Å². The number of nitrogens with zero attached hydrogens (tertiary/aromatic N) is 2. The third kappa shape index (κ3) is 3.19. The van der Waals surface area contributed by atoms with Gasteiger partial charge in [-0.3, -0.25) is 0 Å². The summed E-state index contributed by atoms with van der Waals surface area (Å²) >= 11 is 0. The van der Waals surface area contributed by atoms with Gasteiger partial charge in [-0.15, -0.1) is 5.73 Å². The second kappa shape index (κ2) is 6.90. The van der Waals surface area contributed by atoms with Crippen LogP contribution in [0.4, 0.5) is 0 Å². The number of carbonyl (C=O) groups is 1. The van der Waals surface area contributed by atoms with Gasteiger partial charge in [-0.1, -0.05) is 36.9 Å². The zero-order chi connectivity index (χ0) is 17.0. The van der Waals surface area contributed by atoms with E-state index in [0.717, 1.165) is 31.2 Å². The van der Waals surface area contributed by atoms with E-state index in [0.29, 0.717) is 5.69 Å². The Morgan fingerprint density at radius 3 is 2.75 bits per heavy atom. The van der Waals surface area contributed by atoms with E-state index in [-0.39, 0.29) is 12.0 Å². The number of imidazole rings is 1. The van der Waals surface area contributed by atoms with Crippen LogP contribution in [0.5, 0.6) is 0 Å². The Morgan fingerprint density at radius 2 is 2.08 bits per heavy atom. The minimum Gasteiger partial charge on any atom is -0.449 e. The molecule has 4 heteroatoms. The van der Waals surface area contributed by atoms with Crippen LogP contribution in [-0.4, -0.2) is 21.1 Å². The first-order chi connectivity index (χ1) is 11.7. The summed E-state index contributed by atoms with van der Waals surface area (Å²) in [5, 5.41) is 0. The summed E-state index contributed by atoms with van der Waals surface area (Å²) in [6.07, 6.45) is 8.78. The Kier molecular flexibility index (Phi) is 4.68. The lowest BCUT2D eigenvalue weighted by molar-refractivity contribution is 0.00538. The number of hydrogen-bond donors (Lipinski definition) is 0. The summed E-state index contributed by atoms with van der Waals surface area (Å²) < 4.78 is 7.71. The Bertz CT molecular complexity index is 751. The fourth-order valence-corrected chi connectivity index (χ4v) is 3.34. The van der Waals surface area contributed by atoms with E-state index >= 15 is 0 Å². The maximum Gasteiger partial charge on any atom is 0.357 e. The van der Waals surface area contributed by atoms with Gasteiger partial charge in [-0.25, -0.2) is 9.78 Å². The van der Waals surface area contributed by atoms with Gasteiger partial charge < -0.3 is 9.30 Å². The highest BCUT2D eigenvalue weighted by Crippen LogP contribution is 2.35. The van der Waals surface area contributed by atoms with Crippen LogP contribution in [0.3, 0.4) is 0 Å². The SMILES string of the molecule is C=C=CC1(OC(=O)c2cncn2[C@H](C)c2ccccc2)CCCC1. The molecule has 1 aromatic heterocycles. The first-order valence-corrected chi connectivity index (χ1v) is 8.32. The molecule has 0 bridgehead atoms. The standard InChI is InChI=1S/C20H22N2O2/c1-3-11-20(12-7-8-13-20)24-19(23)18-14-21-15-22(18)16(2)17-9-5-4-6-10-17/h4-6,9-11,14-16H,1,7-8,12-13H2,2H3/t16-/m1/s1. The zero-order valence-corrected chi connectivity index (χ0v) is 13.9. The number of benzene rings is 1. The molecule has 1 fully saturated rings. The van der Waals surface area contributed by atoms with Gasteiger partial charge >= 0.3 is 5.97 Å². The van der Waals surface area contributed by atoms with Crippen LogP contribution in [0.2, 0.25) is 0 Å². The molecule has 0 saturated heterocycles. The molecule has 1 heterocycles. The van der Waals surface area contributed by atoms with E-state index in [1.807, 2.05) is 41.8 Å². The summed E-state index contributed by atoms with van der Waals surface area (Å²) in [4.78, 5) is 16.9. The lowest BCUT2D eigenvalue weighted by atomic mass is 10.0. The molecule has 0 spiro atoms. The van der Waals surface area contributed by atoms with E-state index in [4.69, 9.17) is 4.74 Å². The van der Waals surface area contributed by atoms with E-state index < -0.39 is 5.60 Å². The predicted molar refractivity (Wildman–Crippen MR) is 92.8 cm³/mol. The maximum absolute atomic E-state index is 12.7. The molecule has 1 saturated carbocycles. The van der Waals surface area contributed by atoms with Gasteiger partial charge in [-0.2, -0.15) is 0 Å². The second-order valence-corrected chi connectivity index (χ2v) is 6.28. The molecule has 0 N–H and O–H groups in total. The molecule has 1 aliphatic carbocycles. The summed E-state index contributed by atoms with van der Waals surface area (Å²) in [6, 6.07) is 10.0. The Balaban J connectivity index is 1.84. The number of hydrogen-bond acceptors (Lipinski definition) is 3. The molecule has 4 nitrogen and oxygen atoms in total. The number of aromatic nitrogens is 2. The molecule has 1 atom stereocenters. The minimum absolute atomic E-state index is 0.00530. The molecular formula is C20H22N2O2. The van der Waals surface area contributed by atoms with Crippen molar-refractivity contribution in [1.82, 2.24) is 9.55 Å². The van der Waals surface area contributed by atoms with Gasteiger partial charge in [0.2, 0.25) is 0 Å². The van der Waals surface area contributed by atoms with Crippen molar-refractivity contribution in [2.75, 3.05) is 0 Å². The van der Waals surface area contributed by atoms with Gasteiger partial charge in [0.05, 0.1) is 18.6 Å². The van der Waals surface area contributed by atoms with Crippen LogP contribution in [0, 0.1) is 0 Å². The average molecular weight is 322 g/mol. The van der Waals surface area contributed by atoms with Crippen molar-refractivity contribution in [2.45, 2.75) is 44.2 Å². The summed E-state index contributed by atoms with van der Waals surface area (Å²) in [7, 11) is 0. The second-order valence-electron chi connectivity index (χ2n) is 6.28. The molecule has 1 aromatic carbocycles. The molecule has 2 aromatic rings. The molecule has 124 valence electrons. The lowest BCUT2D eigenvalue weighted by Crippen LogP contribution is -2.30. The fourth-order valence-electron chi connectivity index (χ4n) is 3.34. The van der Waals surface area contributed by atoms with Gasteiger partial charge in [0.15, 0.2) is 0 Å². The minimum atomic E-state index is -0.566. The molecule has 1 aliphatic rings.